The number of ether oxygens (including phenoxy) is 1. The Balaban J connectivity index is 0.00000288. The van der Waals surface area contributed by atoms with Crippen molar-refractivity contribution >= 4 is 40.2 Å². The molecule has 1 N–H and O–H groups in total. The van der Waals surface area contributed by atoms with E-state index < -0.39 is 11.9 Å². The second-order valence-corrected chi connectivity index (χ2v) is 6.84. The smallest absolute Gasteiger partial charge is 0.308 e. The third-order valence-corrected chi connectivity index (χ3v) is 4.73. The van der Waals surface area contributed by atoms with E-state index >= 15 is 0 Å². The number of aliphatic carboxylic acids is 1. The Labute approximate surface area is 156 Å². The summed E-state index contributed by atoms with van der Waals surface area (Å²) in [6, 6.07) is 7.92. The van der Waals surface area contributed by atoms with Crippen LogP contribution in [0.25, 0.3) is 0 Å². The second kappa shape index (κ2) is 10.0. The molecule has 134 valence electrons. The van der Waals surface area contributed by atoms with Crippen LogP contribution >= 0.6 is 28.3 Å². The minimum atomic E-state index is -0.819. The molecular weight excluding hydrogens is 398 g/mol. The van der Waals surface area contributed by atoms with Crippen molar-refractivity contribution in [1.82, 2.24) is 4.90 Å². The molecule has 0 spiro atoms. The zero-order valence-corrected chi connectivity index (χ0v) is 16.0. The van der Waals surface area contributed by atoms with Gasteiger partial charge in [0.1, 0.15) is 0 Å². The number of halogens is 2. The van der Waals surface area contributed by atoms with Crippen molar-refractivity contribution in [2.45, 2.75) is 19.3 Å². The van der Waals surface area contributed by atoms with Gasteiger partial charge in [-0.25, -0.2) is 0 Å². The van der Waals surface area contributed by atoms with E-state index in [1.165, 1.54) is 0 Å². The van der Waals surface area contributed by atoms with Crippen LogP contribution in [-0.2, 0) is 20.7 Å². The van der Waals surface area contributed by atoms with Gasteiger partial charge in [-0.05, 0) is 37.0 Å². The van der Waals surface area contributed by atoms with Crippen LogP contribution in [0, 0.1) is 11.8 Å². The van der Waals surface area contributed by atoms with Crippen LogP contribution in [0.4, 0.5) is 0 Å². The summed E-state index contributed by atoms with van der Waals surface area (Å²) >= 11 is 3.45. The molecule has 1 fully saturated rings. The SMILES string of the molecule is COCCC(Cc1cccc(Br)c1)C(=O)N1CCC(C(=O)O)C1.Cl. The number of likely N-dealkylation sites (tertiary alicyclic amines) is 1. The number of carboxylic acid groups (broad SMARTS) is 1. The molecule has 1 aromatic carbocycles. The van der Waals surface area contributed by atoms with Gasteiger partial charge in [0.05, 0.1) is 5.92 Å². The topological polar surface area (TPSA) is 66.8 Å². The number of hydrogen-bond donors (Lipinski definition) is 1. The summed E-state index contributed by atoms with van der Waals surface area (Å²) in [6.45, 7) is 1.36. The fourth-order valence-corrected chi connectivity index (χ4v) is 3.39. The lowest BCUT2D eigenvalue weighted by Crippen LogP contribution is -2.36. The number of carbonyl (C=O) groups excluding carboxylic acids is 1. The van der Waals surface area contributed by atoms with E-state index in [1.54, 1.807) is 12.0 Å². The molecule has 0 aliphatic carbocycles. The van der Waals surface area contributed by atoms with Gasteiger partial charge in [-0.3, -0.25) is 9.59 Å². The zero-order chi connectivity index (χ0) is 16.8. The largest absolute Gasteiger partial charge is 0.481 e. The Morgan fingerprint density at radius 2 is 2.21 bits per heavy atom. The lowest BCUT2D eigenvalue weighted by molar-refractivity contribution is -0.141. The number of rotatable bonds is 7. The molecule has 0 radical (unpaired) electrons. The van der Waals surface area contributed by atoms with Gasteiger partial charge in [0.2, 0.25) is 5.91 Å². The second-order valence-electron chi connectivity index (χ2n) is 5.92. The first kappa shape index (κ1) is 20.9. The van der Waals surface area contributed by atoms with Crippen LogP contribution in [0.2, 0.25) is 0 Å². The van der Waals surface area contributed by atoms with Crippen molar-refractivity contribution in [3.8, 4) is 0 Å². The van der Waals surface area contributed by atoms with Crippen molar-refractivity contribution in [1.29, 1.82) is 0 Å². The molecule has 5 nitrogen and oxygen atoms in total. The van der Waals surface area contributed by atoms with Gasteiger partial charge in [-0.1, -0.05) is 28.1 Å². The maximum absolute atomic E-state index is 12.8. The Kier molecular flexibility index (Phi) is 8.73. The summed E-state index contributed by atoms with van der Waals surface area (Å²) in [4.78, 5) is 25.5. The molecule has 0 bridgehead atoms. The maximum atomic E-state index is 12.8. The Morgan fingerprint density at radius 3 is 2.79 bits per heavy atom. The predicted molar refractivity (Wildman–Crippen MR) is 97.4 cm³/mol. The minimum Gasteiger partial charge on any atom is -0.481 e. The van der Waals surface area contributed by atoms with Crippen molar-refractivity contribution < 1.29 is 19.4 Å². The van der Waals surface area contributed by atoms with Gasteiger partial charge in [-0.2, -0.15) is 0 Å². The fraction of sp³-hybridized carbons (Fsp3) is 0.529. The highest BCUT2D eigenvalue weighted by Gasteiger charge is 2.33. The van der Waals surface area contributed by atoms with E-state index in [2.05, 4.69) is 15.9 Å². The molecule has 1 heterocycles. The number of carbonyl (C=O) groups is 2. The number of nitrogens with zero attached hydrogens (tertiary/aromatic N) is 1. The van der Waals surface area contributed by atoms with Crippen LogP contribution in [0.1, 0.15) is 18.4 Å². The third kappa shape index (κ3) is 5.76. The molecule has 24 heavy (non-hydrogen) atoms. The predicted octanol–water partition coefficient (Wildman–Crippen LogP) is 3.00. The molecule has 1 saturated heterocycles. The van der Waals surface area contributed by atoms with Gasteiger partial charge in [-0.15, -0.1) is 12.4 Å². The van der Waals surface area contributed by atoms with Crippen LogP contribution in [0.5, 0.6) is 0 Å². The average molecular weight is 421 g/mol. The molecule has 1 aliphatic heterocycles. The van der Waals surface area contributed by atoms with Crippen molar-refractivity contribution in [2.24, 2.45) is 11.8 Å². The molecule has 1 aliphatic rings. The number of benzene rings is 1. The number of amides is 1. The summed E-state index contributed by atoms with van der Waals surface area (Å²) in [5, 5.41) is 9.10. The summed E-state index contributed by atoms with van der Waals surface area (Å²) in [5.41, 5.74) is 1.09. The standard InChI is InChI=1S/C17H22BrNO4.ClH/c1-23-8-6-13(9-12-3-2-4-15(18)10-12)16(20)19-7-5-14(11-19)17(21)22;/h2-4,10,13-14H,5-9,11H2,1H3,(H,21,22);1H. The van der Waals surface area contributed by atoms with Crippen molar-refractivity contribution in [3.05, 3.63) is 34.3 Å². The van der Waals surface area contributed by atoms with E-state index in [0.717, 1.165) is 10.0 Å². The number of hydrogen-bond acceptors (Lipinski definition) is 3. The molecule has 2 rings (SSSR count). The highest BCUT2D eigenvalue weighted by Crippen LogP contribution is 2.23. The molecule has 1 amide bonds. The van der Waals surface area contributed by atoms with Crippen molar-refractivity contribution in [3.63, 3.8) is 0 Å². The molecule has 1 aromatic rings. The summed E-state index contributed by atoms with van der Waals surface area (Å²) in [6.07, 6.45) is 1.81. The molecule has 2 atom stereocenters. The summed E-state index contributed by atoms with van der Waals surface area (Å²) < 4.78 is 6.12. The van der Waals surface area contributed by atoms with Crippen molar-refractivity contribution in [2.75, 3.05) is 26.8 Å². The Hall–Kier alpha value is -1.11. The summed E-state index contributed by atoms with van der Waals surface area (Å²) in [7, 11) is 1.62. The first-order valence-corrected chi connectivity index (χ1v) is 8.55. The minimum absolute atomic E-state index is 0. The van der Waals surface area contributed by atoms with Gasteiger partial charge in [0, 0.05) is 37.2 Å². The van der Waals surface area contributed by atoms with E-state index in [4.69, 9.17) is 9.84 Å². The monoisotopic (exact) mass is 419 g/mol. The highest BCUT2D eigenvalue weighted by atomic mass is 79.9. The van der Waals surface area contributed by atoms with E-state index in [0.29, 0.717) is 39.0 Å². The molecule has 2 unspecified atom stereocenters. The van der Waals surface area contributed by atoms with Crippen LogP contribution < -0.4 is 0 Å². The number of carboxylic acids is 1. The van der Waals surface area contributed by atoms with Gasteiger partial charge < -0.3 is 14.7 Å². The van der Waals surface area contributed by atoms with E-state index in [9.17, 15) is 9.59 Å². The first-order chi connectivity index (χ1) is 11.0. The average Bonchev–Trinajstić information content (AvgIpc) is 3.01. The third-order valence-electron chi connectivity index (χ3n) is 4.24. The molecular formula is C17H23BrClNO4. The quantitative estimate of drug-likeness (QED) is 0.736. The molecule has 7 heteroatoms. The highest BCUT2D eigenvalue weighted by molar-refractivity contribution is 9.10. The molecule has 0 saturated carbocycles. The molecule has 0 aromatic heterocycles. The van der Waals surface area contributed by atoms with Gasteiger partial charge in [0.25, 0.3) is 0 Å². The van der Waals surface area contributed by atoms with Crippen LogP contribution in [-0.4, -0.2) is 48.7 Å². The maximum Gasteiger partial charge on any atom is 0.308 e. The van der Waals surface area contributed by atoms with Crippen LogP contribution in [0.15, 0.2) is 28.7 Å². The number of methoxy groups -OCH3 is 1. The Morgan fingerprint density at radius 1 is 1.46 bits per heavy atom. The summed E-state index contributed by atoms with van der Waals surface area (Å²) in [5.74, 6) is -1.41. The van der Waals surface area contributed by atoms with Crippen LogP contribution in [0.3, 0.4) is 0 Å². The fourth-order valence-electron chi connectivity index (χ4n) is 2.94. The van der Waals surface area contributed by atoms with E-state index in [-0.39, 0.29) is 24.2 Å². The lowest BCUT2D eigenvalue weighted by Gasteiger charge is -2.23. The lowest BCUT2D eigenvalue weighted by atomic mass is 9.95. The normalized spacial score (nSPS) is 18.1. The first-order valence-electron chi connectivity index (χ1n) is 7.76. The van der Waals surface area contributed by atoms with E-state index in [1.807, 2.05) is 24.3 Å². The zero-order valence-electron chi connectivity index (χ0n) is 13.6. The van der Waals surface area contributed by atoms with Gasteiger partial charge >= 0.3 is 5.97 Å². The van der Waals surface area contributed by atoms with Gasteiger partial charge in [0.15, 0.2) is 0 Å². The Bertz CT molecular complexity index is 569.